The highest BCUT2D eigenvalue weighted by Crippen LogP contribution is 2.16. The van der Waals surface area contributed by atoms with Gasteiger partial charge in [-0.2, -0.15) is 0 Å². The van der Waals surface area contributed by atoms with E-state index in [-0.39, 0.29) is 11.9 Å². The van der Waals surface area contributed by atoms with Crippen molar-refractivity contribution < 1.29 is 4.79 Å². The molecule has 112 valence electrons. The van der Waals surface area contributed by atoms with Gasteiger partial charge in [0.05, 0.1) is 0 Å². The lowest BCUT2D eigenvalue weighted by atomic mass is 10.0. The number of benzene rings is 1. The fourth-order valence-electron chi connectivity index (χ4n) is 3.05. The van der Waals surface area contributed by atoms with Crippen molar-refractivity contribution in [2.24, 2.45) is 0 Å². The molecule has 0 radical (unpaired) electrons. The molecule has 1 aromatic carbocycles. The van der Waals surface area contributed by atoms with E-state index in [0.29, 0.717) is 6.04 Å². The molecule has 0 saturated carbocycles. The molecule has 1 fully saturated rings. The number of aromatic amines is 1. The van der Waals surface area contributed by atoms with Crippen molar-refractivity contribution in [3.05, 3.63) is 36.0 Å². The number of carbonyl (C=O) groups is 1. The lowest BCUT2D eigenvalue weighted by molar-refractivity contribution is 0.0886. The first-order valence-corrected chi connectivity index (χ1v) is 7.75. The number of fused-ring (bicyclic) bond motifs is 1. The minimum Gasteiger partial charge on any atom is -0.361 e. The van der Waals surface area contributed by atoms with Crippen molar-refractivity contribution in [1.82, 2.24) is 15.2 Å². The van der Waals surface area contributed by atoms with Crippen molar-refractivity contribution in [3.63, 3.8) is 0 Å². The van der Waals surface area contributed by atoms with Crippen LogP contribution >= 0.6 is 0 Å². The van der Waals surface area contributed by atoms with Crippen molar-refractivity contribution >= 4 is 16.8 Å². The summed E-state index contributed by atoms with van der Waals surface area (Å²) in [4.78, 5) is 18.0. The molecule has 21 heavy (non-hydrogen) atoms. The van der Waals surface area contributed by atoms with Crippen LogP contribution < -0.4 is 5.32 Å². The molecule has 1 aromatic heterocycles. The van der Waals surface area contributed by atoms with Crippen molar-refractivity contribution in [2.75, 3.05) is 13.1 Å². The van der Waals surface area contributed by atoms with Gasteiger partial charge in [0.2, 0.25) is 0 Å². The summed E-state index contributed by atoms with van der Waals surface area (Å²) < 4.78 is 0. The normalized spacial score (nSPS) is 20.0. The predicted octanol–water partition coefficient (Wildman–Crippen LogP) is 2.77. The molecule has 1 saturated heterocycles. The number of likely N-dealkylation sites (tertiary alicyclic amines) is 1. The molecule has 0 spiro atoms. The number of H-pyrrole nitrogens is 1. The van der Waals surface area contributed by atoms with Gasteiger partial charge in [-0.3, -0.25) is 9.69 Å². The van der Waals surface area contributed by atoms with E-state index in [9.17, 15) is 4.79 Å². The molecule has 0 aliphatic carbocycles. The highest BCUT2D eigenvalue weighted by Gasteiger charge is 2.23. The van der Waals surface area contributed by atoms with Gasteiger partial charge in [-0.1, -0.05) is 6.07 Å². The molecule has 1 aliphatic heterocycles. The van der Waals surface area contributed by atoms with Crippen LogP contribution in [-0.2, 0) is 0 Å². The van der Waals surface area contributed by atoms with Gasteiger partial charge in [-0.25, -0.2) is 0 Å². The topological polar surface area (TPSA) is 48.1 Å². The van der Waals surface area contributed by atoms with E-state index >= 15 is 0 Å². The van der Waals surface area contributed by atoms with Crippen LogP contribution in [0, 0.1) is 0 Å². The van der Waals surface area contributed by atoms with Crippen LogP contribution in [0.1, 0.15) is 37.0 Å². The molecule has 1 amide bonds. The highest BCUT2D eigenvalue weighted by atomic mass is 16.1. The Bertz CT molecular complexity index is 632. The minimum absolute atomic E-state index is 0.0297. The third kappa shape index (κ3) is 3.10. The van der Waals surface area contributed by atoms with Crippen LogP contribution in [-0.4, -0.2) is 41.0 Å². The summed E-state index contributed by atoms with van der Waals surface area (Å²) in [5.41, 5.74) is 1.74. The van der Waals surface area contributed by atoms with Crippen LogP contribution in [0.5, 0.6) is 0 Å². The quantitative estimate of drug-likeness (QED) is 0.911. The van der Waals surface area contributed by atoms with Gasteiger partial charge in [0.1, 0.15) is 0 Å². The van der Waals surface area contributed by atoms with Crippen molar-refractivity contribution in [3.8, 4) is 0 Å². The zero-order valence-electron chi connectivity index (χ0n) is 12.7. The summed E-state index contributed by atoms with van der Waals surface area (Å²) in [5, 5.41) is 4.32. The molecule has 2 aromatic rings. The molecular formula is C17H23N3O. The summed E-state index contributed by atoms with van der Waals surface area (Å²) in [6.07, 6.45) is 4.12. The first-order chi connectivity index (χ1) is 10.1. The Labute approximate surface area is 125 Å². The summed E-state index contributed by atoms with van der Waals surface area (Å²) >= 11 is 0. The third-order valence-electron chi connectivity index (χ3n) is 4.34. The molecule has 1 atom stereocenters. The first kappa shape index (κ1) is 14.1. The van der Waals surface area contributed by atoms with E-state index in [2.05, 4.69) is 29.0 Å². The highest BCUT2D eigenvalue weighted by molar-refractivity contribution is 5.98. The van der Waals surface area contributed by atoms with E-state index in [4.69, 9.17) is 0 Å². The lowest BCUT2D eigenvalue weighted by Crippen LogP contribution is -2.49. The first-order valence-electron chi connectivity index (χ1n) is 7.75. The summed E-state index contributed by atoms with van der Waals surface area (Å²) in [7, 11) is 0. The number of hydrogen-bond acceptors (Lipinski definition) is 2. The molecule has 1 unspecified atom stereocenters. The van der Waals surface area contributed by atoms with Gasteiger partial charge in [0.25, 0.3) is 5.91 Å². The predicted molar refractivity (Wildman–Crippen MR) is 85.5 cm³/mol. The molecule has 4 heteroatoms. The summed E-state index contributed by atoms with van der Waals surface area (Å²) in [6.45, 7) is 6.51. The number of piperidine rings is 1. The van der Waals surface area contributed by atoms with E-state index in [1.165, 1.54) is 0 Å². The van der Waals surface area contributed by atoms with Crippen LogP contribution in [0.2, 0.25) is 0 Å². The smallest absolute Gasteiger partial charge is 0.251 e. The Hall–Kier alpha value is -1.81. The average Bonchev–Trinajstić information content (AvgIpc) is 2.94. The summed E-state index contributed by atoms with van der Waals surface area (Å²) in [5.74, 6) is 0.0297. The van der Waals surface area contributed by atoms with Gasteiger partial charge in [-0.15, -0.1) is 0 Å². The number of nitrogens with one attached hydrogen (secondary N) is 2. The number of rotatable bonds is 3. The van der Waals surface area contributed by atoms with Crippen molar-refractivity contribution in [1.29, 1.82) is 0 Å². The second kappa shape index (κ2) is 5.90. The number of hydrogen-bond donors (Lipinski definition) is 2. The third-order valence-corrected chi connectivity index (χ3v) is 4.34. The Kier molecular flexibility index (Phi) is 3.97. The second-order valence-corrected chi connectivity index (χ2v) is 6.18. The van der Waals surface area contributed by atoms with Crippen LogP contribution in [0.3, 0.4) is 0 Å². The largest absolute Gasteiger partial charge is 0.361 e. The molecule has 1 aliphatic rings. The number of nitrogens with zero attached hydrogens (tertiary/aromatic N) is 1. The van der Waals surface area contributed by atoms with Crippen LogP contribution in [0.15, 0.2) is 30.5 Å². The fraction of sp³-hybridized carbons (Fsp3) is 0.471. The Morgan fingerprint density at radius 3 is 3.05 bits per heavy atom. The second-order valence-electron chi connectivity index (χ2n) is 6.18. The van der Waals surface area contributed by atoms with Crippen LogP contribution in [0.25, 0.3) is 10.9 Å². The molecule has 3 rings (SSSR count). The number of carbonyl (C=O) groups excluding carboxylic acids is 1. The number of amides is 1. The Morgan fingerprint density at radius 1 is 1.38 bits per heavy atom. The van der Waals surface area contributed by atoms with Crippen LogP contribution in [0.4, 0.5) is 0 Å². The van der Waals surface area contributed by atoms with E-state index in [0.717, 1.165) is 42.4 Å². The van der Waals surface area contributed by atoms with Gasteiger partial charge in [-0.05, 0) is 56.8 Å². The minimum atomic E-state index is 0.0297. The average molecular weight is 285 g/mol. The zero-order chi connectivity index (χ0) is 14.8. The van der Waals surface area contributed by atoms with E-state index < -0.39 is 0 Å². The zero-order valence-corrected chi connectivity index (χ0v) is 12.7. The Morgan fingerprint density at radius 2 is 2.24 bits per heavy atom. The van der Waals surface area contributed by atoms with E-state index in [1.807, 2.05) is 30.5 Å². The molecule has 0 bridgehead atoms. The van der Waals surface area contributed by atoms with Gasteiger partial charge in [0, 0.05) is 35.9 Å². The SMILES string of the molecule is CC(C)N1CCCC(NC(=O)c2ccc3cc[nH]c3c2)C1. The van der Waals surface area contributed by atoms with Gasteiger partial charge in [0.15, 0.2) is 0 Å². The van der Waals surface area contributed by atoms with Gasteiger partial charge < -0.3 is 10.3 Å². The lowest BCUT2D eigenvalue weighted by Gasteiger charge is -2.35. The molecule has 2 N–H and O–H groups in total. The standard InChI is InChI=1S/C17H23N3O/c1-12(2)20-9-3-4-15(11-20)19-17(21)14-6-5-13-7-8-18-16(13)10-14/h5-8,10,12,15,18H,3-4,9,11H2,1-2H3,(H,19,21). The van der Waals surface area contributed by atoms with E-state index in [1.54, 1.807) is 0 Å². The monoisotopic (exact) mass is 285 g/mol. The Balaban J connectivity index is 1.67. The maximum Gasteiger partial charge on any atom is 0.251 e. The van der Waals surface area contributed by atoms with Gasteiger partial charge >= 0.3 is 0 Å². The fourth-order valence-corrected chi connectivity index (χ4v) is 3.05. The molecule has 4 nitrogen and oxygen atoms in total. The molecule has 2 heterocycles. The van der Waals surface area contributed by atoms with Crippen molar-refractivity contribution in [2.45, 2.75) is 38.8 Å². The maximum atomic E-state index is 12.4. The summed E-state index contributed by atoms with van der Waals surface area (Å²) in [6, 6.07) is 8.62. The number of aromatic nitrogens is 1. The maximum absolute atomic E-state index is 12.4. The molecular weight excluding hydrogens is 262 g/mol.